The molecule has 1 aliphatic carbocycles. The number of hydrogen-bond acceptors (Lipinski definition) is 1. The van der Waals surface area contributed by atoms with E-state index in [2.05, 4.69) is 53.2 Å². The van der Waals surface area contributed by atoms with E-state index in [9.17, 15) is 4.39 Å². The van der Waals surface area contributed by atoms with Crippen molar-refractivity contribution in [2.45, 2.75) is 40.2 Å². The smallest absolute Gasteiger partial charge is 0.139 e. The Bertz CT molecular complexity index is 707. The van der Waals surface area contributed by atoms with E-state index in [4.69, 9.17) is 11.6 Å². The number of imidazole rings is 1. The molecule has 3 rings (SSSR count). The Morgan fingerprint density at radius 3 is 2.43 bits per heavy atom. The van der Waals surface area contributed by atoms with Gasteiger partial charge < -0.3 is 4.57 Å². The maximum absolute atomic E-state index is 14.0. The fraction of sp³-hybridized carbons (Fsp3) is 0.562. The molecule has 0 radical (unpaired) electrons. The molecule has 1 aromatic carbocycles. The summed E-state index contributed by atoms with van der Waals surface area (Å²) >= 11 is 9.17. The van der Waals surface area contributed by atoms with Gasteiger partial charge in [-0.2, -0.15) is 0 Å². The van der Waals surface area contributed by atoms with Crippen LogP contribution in [0.15, 0.2) is 16.6 Å². The second-order valence-electron chi connectivity index (χ2n) is 6.94. The standard InChI is InChI=1S/C16H19BrClFN2/c1-15(2)14(16(15,3)4)21-12-8-10(19)9(17)7-11(12)20-13(21)5-6-18/h7-8,14H,5-6H2,1-4H3. The van der Waals surface area contributed by atoms with Crippen LogP contribution < -0.4 is 0 Å². The van der Waals surface area contributed by atoms with Crippen molar-refractivity contribution in [1.82, 2.24) is 9.55 Å². The largest absolute Gasteiger partial charge is 0.324 e. The van der Waals surface area contributed by atoms with Gasteiger partial charge in [0.2, 0.25) is 0 Å². The summed E-state index contributed by atoms with van der Waals surface area (Å²) < 4.78 is 16.6. The van der Waals surface area contributed by atoms with E-state index in [1.807, 2.05) is 0 Å². The van der Waals surface area contributed by atoms with Gasteiger partial charge >= 0.3 is 0 Å². The van der Waals surface area contributed by atoms with Gasteiger partial charge in [0.15, 0.2) is 0 Å². The Hall–Kier alpha value is -0.610. The summed E-state index contributed by atoms with van der Waals surface area (Å²) in [5, 5.41) is 0. The minimum Gasteiger partial charge on any atom is -0.324 e. The van der Waals surface area contributed by atoms with Gasteiger partial charge in [-0.05, 0) is 32.8 Å². The molecule has 0 atom stereocenters. The van der Waals surface area contributed by atoms with Crippen molar-refractivity contribution in [2.75, 3.05) is 5.88 Å². The highest BCUT2D eigenvalue weighted by molar-refractivity contribution is 9.10. The van der Waals surface area contributed by atoms with Crippen molar-refractivity contribution in [3.63, 3.8) is 0 Å². The Balaban J connectivity index is 2.25. The zero-order chi connectivity index (χ0) is 15.6. The third kappa shape index (κ3) is 2.06. The summed E-state index contributed by atoms with van der Waals surface area (Å²) in [6, 6.07) is 3.64. The molecule has 1 saturated carbocycles. The highest BCUT2D eigenvalue weighted by Gasteiger charge is 2.66. The van der Waals surface area contributed by atoms with Gasteiger partial charge in [0.05, 0.1) is 15.5 Å². The number of hydrogen-bond donors (Lipinski definition) is 0. The minimum absolute atomic E-state index is 0.158. The van der Waals surface area contributed by atoms with Crippen LogP contribution in [0.2, 0.25) is 0 Å². The monoisotopic (exact) mass is 372 g/mol. The molecular formula is C16H19BrClFN2. The third-order valence-electron chi connectivity index (χ3n) is 5.33. The van der Waals surface area contributed by atoms with Gasteiger partial charge in [-0.1, -0.05) is 27.7 Å². The van der Waals surface area contributed by atoms with Crippen LogP contribution in [0.1, 0.15) is 39.6 Å². The van der Waals surface area contributed by atoms with E-state index in [0.29, 0.717) is 22.8 Å². The maximum atomic E-state index is 14.0. The van der Waals surface area contributed by atoms with Gasteiger partial charge in [-0.25, -0.2) is 9.37 Å². The van der Waals surface area contributed by atoms with Crippen molar-refractivity contribution in [1.29, 1.82) is 0 Å². The summed E-state index contributed by atoms with van der Waals surface area (Å²) in [6.45, 7) is 9.01. The van der Waals surface area contributed by atoms with E-state index in [-0.39, 0.29) is 16.6 Å². The van der Waals surface area contributed by atoms with Crippen LogP contribution in [0.5, 0.6) is 0 Å². The first-order valence-corrected chi connectivity index (χ1v) is 8.46. The number of aryl methyl sites for hydroxylation is 1. The average molecular weight is 374 g/mol. The van der Waals surface area contributed by atoms with Gasteiger partial charge in [0.1, 0.15) is 11.6 Å². The van der Waals surface area contributed by atoms with E-state index in [1.54, 1.807) is 12.1 Å². The molecule has 0 bridgehead atoms. The Morgan fingerprint density at radius 1 is 1.29 bits per heavy atom. The predicted molar refractivity (Wildman–Crippen MR) is 88.4 cm³/mol. The second kappa shape index (κ2) is 4.69. The molecule has 0 saturated heterocycles. The van der Waals surface area contributed by atoms with E-state index < -0.39 is 0 Å². The van der Waals surface area contributed by atoms with E-state index in [1.165, 1.54) is 0 Å². The number of rotatable bonds is 3. The topological polar surface area (TPSA) is 17.8 Å². The summed E-state index contributed by atoms with van der Waals surface area (Å²) in [5.41, 5.74) is 2.00. The molecule has 1 heterocycles. The molecule has 5 heteroatoms. The van der Waals surface area contributed by atoms with Crippen molar-refractivity contribution in [3.05, 3.63) is 28.2 Å². The van der Waals surface area contributed by atoms with Crippen LogP contribution in [0, 0.1) is 16.6 Å². The molecule has 0 N–H and O–H groups in total. The van der Waals surface area contributed by atoms with Gasteiger partial charge in [-0.3, -0.25) is 0 Å². The van der Waals surface area contributed by atoms with E-state index >= 15 is 0 Å². The first-order valence-electron chi connectivity index (χ1n) is 7.13. The molecule has 0 spiro atoms. The normalized spacial score (nSPS) is 20.1. The molecule has 1 aromatic heterocycles. The van der Waals surface area contributed by atoms with Crippen molar-refractivity contribution < 1.29 is 4.39 Å². The molecule has 0 amide bonds. The van der Waals surface area contributed by atoms with Crippen LogP contribution in [0.3, 0.4) is 0 Å². The van der Waals surface area contributed by atoms with Crippen LogP contribution in [0.4, 0.5) is 4.39 Å². The number of alkyl halides is 1. The fourth-order valence-electron chi connectivity index (χ4n) is 3.50. The highest BCUT2D eigenvalue weighted by Crippen LogP contribution is 2.72. The lowest BCUT2D eigenvalue weighted by molar-refractivity contribution is 0.457. The lowest BCUT2D eigenvalue weighted by Crippen LogP contribution is -2.07. The first-order chi connectivity index (χ1) is 9.71. The molecule has 0 unspecified atom stereocenters. The van der Waals surface area contributed by atoms with Crippen LogP contribution in [-0.2, 0) is 6.42 Å². The number of nitrogens with zero attached hydrogens (tertiary/aromatic N) is 2. The molecule has 2 nitrogen and oxygen atoms in total. The Labute approximate surface area is 137 Å². The minimum atomic E-state index is -0.252. The van der Waals surface area contributed by atoms with Crippen LogP contribution in [0.25, 0.3) is 11.0 Å². The third-order valence-corrected chi connectivity index (χ3v) is 6.12. The molecule has 114 valence electrons. The van der Waals surface area contributed by atoms with Gasteiger partial charge in [0, 0.05) is 24.4 Å². The van der Waals surface area contributed by atoms with Crippen LogP contribution >= 0.6 is 27.5 Å². The van der Waals surface area contributed by atoms with Crippen molar-refractivity contribution in [3.8, 4) is 0 Å². The zero-order valence-corrected chi connectivity index (χ0v) is 15.0. The fourth-order valence-corrected chi connectivity index (χ4v) is 4.00. The van der Waals surface area contributed by atoms with Crippen LogP contribution in [-0.4, -0.2) is 15.4 Å². The second-order valence-corrected chi connectivity index (χ2v) is 8.17. The number of aromatic nitrogens is 2. The van der Waals surface area contributed by atoms with Crippen molar-refractivity contribution >= 4 is 38.6 Å². The summed E-state index contributed by atoms with van der Waals surface area (Å²) in [4.78, 5) is 4.68. The molecule has 0 aliphatic heterocycles. The molecule has 1 aliphatic rings. The lowest BCUT2D eigenvalue weighted by atomic mass is 10.0. The molecular weight excluding hydrogens is 355 g/mol. The van der Waals surface area contributed by atoms with Crippen molar-refractivity contribution in [2.24, 2.45) is 10.8 Å². The number of benzene rings is 1. The Morgan fingerprint density at radius 2 is 1.90 bits per heavy atom. The highest BCUT2D eigenvalue weighted by atomic mass is 79.9. The van der Waals surface area contributed by atoms with E-state index in [0.717, 1.165) is 16.9 Å². The predicted octanol–water partition coefficient (Wildman–Crippen LogP) is 5.33. The SMILES string of the molecule is CC1(C)C(n2c(CCCl)nc3cc(Br)c(F)cc32)C1(C)C. The molecule has 1 fully saturated rings. The van der Waals surface area contributed by atoms with Gasteiger partial charge in [-0.15, -0.1) is 11.6 Å². The first kappa shape index (κ1) is 15.3. The quantitative estimate of drug-likeness (QED) is 0.665. The number of halogens is 3. The Kier molecular flexibility index (Phi) is 3.42. The summed E-state index contributed by atoms with van der Waals surface area (Å²) in [6.07, 6.45) is 0.693. The zero-order valence-electron chi connectivity index (χ0n) is 12.7. The average Bonchev–Trinajstić information content (AvgIpc) is 2.65. The van der Waals surface area contributed by atoms with Gasteiger partial charge in [0.25, 0.3) is 0 Å². The maximum Gasteiger partial charge on any atom is 0.139 e. The summed E-state index contributed by atoms with van der Waals surface area (Å²) in [7, 11) is 0. The summed E-state index contributed by atoms with van der Waals surface area (Å²) in [5.74, 6) is 1.21. The number of fused-ring (bicyclic) bond motifs is 1. The molecule has 2 aromatic rings. The lowest BCUT2D eigenvalue weighted by Gasteiger charge is -2.11. The molecule has 21 heavy (non-hydrogen) atoms.